The average molecular weight is 233 g/mol. The molecule has 0 unspecified atom stereocenters. The number of nitro groups is 1. The highest BCUT2D eigenvalue weighted by molar-refractivity contribution is 5.89. The van der Waals surface area contributed by atoms with Crippen molar-refractivity contribution in [2.24, 2.45) is 0 Å². The Bertz CT molecular complexity index is 573. The number of benzene rings is 1. The van der Waals surface area contributed by atoms with E-state index in [1.165, 1.54) is 31.2 Å². The fourth-order valence-corrected chi connectivity index (χ4v) is 1.22. The molecular weight excluding hydrogens is 226 g/mol. The van der Waals surface area contributed by atoms with Crippen LogP contribution in [0.3, 0.4) is 0 Å². The lowest BCUT2D eigenvalue weighted by molar-refractivity contribution is -0.384. The quantitative estimate of drug-likeness (QED) is 0.455. The van der Waals surface area contributed by atoms with Gasteiger partial charge in [-0.1, -0.05) is 5.16 Å². The number of hydrogen-bond acceptors (Lipinski definition) is 6. The maximum atomic E-state index is 10.9. The highest BCUT2D eigenvalue weighted by atomic mass is 16.6. The molecule has 1 aromatic heterocycles. The van der Waals surface area contributed by atoms with E-state index in [2.05, 4.69) is 10.1 Å². The summed E-state index contributed by atoms with van der Waals surface area (Å²) in [5.74, 6) is -0.186. The smallest absolute Gasteiger partial charge is 0.294 e. The first kappa shape index (κ1) is 10.9. The fourth-order valence-electron chi connectivity index (χ4n) is 1.22. The lowest BCUT2D eigenvalue weighted by atomic mass is 10.2. The van der Waals surface area contributed by atoms with Gasteiger partial charge in [0.05, 0.1) is 4.92 Å². The number of rotatable bonds is 3. The maximum absolute atomic E-state index is 10.9. The van der Waals surface area contributed by atoms with Gasteiger partial charge in [-0.3, -0.25) is 14.9 Å². The monoisotopic (exact) mass is 233 g/mol. The van der Waals surface area contributed by atoms with E-state index < -0.39 is 4.92 Å². The van der Waals surface area contributed by atoms with Crippen LogP contribution in [0.5, 0.6) is 0 Å². The van der Waals surface area contributed by atoms with Crippen molar-refractivity contribution in [3.05, 3.63) is 40.3 Å². The molecule has 86 valence electrons. The van der Waals surface area contributed by atoms with Gasteiger partial charge in [-0.25, -0.2) is 0 Å². The molecule has 7 nitrogen and oxygen atoms in total. The standard InChI is InChI=1S/C10H7N3O4/c1-6(14)10-11-9(12-17-10)7-2-4-8(5-3-7)13(15)16/h2-5H,1H3. The normalized spacial score (nSPS) is 10.2. The van der Waals surface area contributed by atoms with Gasteiger partial charge in [0, 0.05) is 24.6 Å². The number of carbonyl (C=O) groups is 1. The van der Waals surface area contributed by atoms with Crippen LogP contribution in [-0.2, 0) is 0 Å². The molecule has 2 aromatic rings. The molecule has 7 heteroatoms. The number of hydrogen-bond donors (Lipinski definition) is 0. The second-order valence-electron chi connectivity index (χ2n) is 3.28. The van der Waals surface area contributed by atoms with Gasteiger partial charge in [-0.05, 0) is 12.1 Å². The maximum Gasteiger partial charge on any atom is 0.294 e. The second-order valence-corrected chi connectivity index (χ2v) is 3.28. The van der Waals surface area contributed by atoms with Gasteiger partial charge in [0.25, 0.3) is 11.6 Å². The first-order valence-corrected chi connectivity index (χ1v) is 4.67. The van der Waals surface area contributed by atoms with Crippen molar-refractivity contribution in [3.63, 3.8) is 0 Å². The molecule has 17 heavy (non-hydrogen) atoms. The third-order valence-corrected chi connectivity index (χ3v) is 2.06. The van der Waals surface area contributed by atoms with Crippen LogP contribution in [0.4, 0.5) is 5.69 Å². The summed E-state index contributed by atoms with van der Waals surface area (Å²) < 4.78 is 4.71. The van der Waals surface area contributed by atoms with E-state index in [0.29, 0.717) is 5.56 Å². The molecule has 0 fully saturated rings. The Morgan fingerprint density at radius 1 is 1.35 bits per heavy atom. The van der Waals surface area contributed by atoms with Crippen LogP contribution in [-0.4, -0.2) is 20.8 Å². The SMILES string of the molecule is CC(=O)c1nc(-c2ccc([N+](=O)[O-])cc2)no1. The molecule has 0 saturated heterocycles. The van der Waals surface area contributed by atoms with E-state index in [9.17, 15) is 14.9 Å². The van der Waals surface area contributed by atoms with E-state index in [1.807, 2.05) is 0 Å². The lowest BCUT2D eigenvalue weighted by Gasteiger charge is -1.93. The molecule has 0 spiro atoms. The van der Waals surface area contributed by atoms with Crippen LogP contribution in [0.15, 0.2) is 28.8 Å². The van der Waals surface area contributed by atoms with Crippen molar-refractivity contribution in [1.29, 1.82) is 0 Å². The van der Waals surface area contributed by atoms with Gasteiger partial charge >= 0.3 is 0 Å². The summed E-state index contributed by atoms with van der Waals surface area (Å²) in [6, 6.07) is 5.65. The summed E-state index contributed by atoms with van der Waals surface area (Å²) >= 11 is 0. The van der Waals surface area contributed by atoms with Crippen molar-refractivity contribution < 1.29 is 14.2 Å². The molecule has 0 bridgehead atoms. The molecular formula is C10H7N3O4. The van der Waals surface area contributed by atoms with E-state index in [1.54, 1.807) is 0 Å². The molecule has 0 aliphatic rings. The number of Topliss-reactive ketones (excluding diaryl/α,β-unsaturated/α-hetero) is 1. The van der Waals surface area contributed by atoms with Crippen LogP contribution in [0, 0.1) is 10.1 Å². The third kappa shape index (κ3) is 2.17. The van der Waals surface area contributed by atoms with Crippen LogP contribution >= 0.6 is 0 Å². The first-order chi connectivity index (χ1) is 8.08. The van der Waals surface area contributed by atoms with Crippen molar-refractivity contribution >= 4 is 11.5 Å². The highest BCUT2D eigenvalue weighted by Crippen LogP contribution is 2.19. The summed E-state index contributed by atoms with van der Waals surface area (Å²) in [5.41, 5.74) is 0.524. The summed E-state index contributed by atoms with van der Waals surface area (Å²) in [7, 11) is 0. The van der Waals surface area contributed by atoms with E-state index in [0.717, 1.165) is 0 Å². The van der Waals surface area contributed by atoms with Crippen molar-refractivity contribution in [2.75, 3.05) is 0 Å². The minimum absolute atomic E-state index is 0.0240. The molecule has 0 saturated carbocycles. The van der Waals surface area contributed by atoms with Gasteiger partial charge in [0.1, 0.15) is 0 Å². The summed E-state index contributed by atoms with van der Waals surface area (Å²) in [4.78, 5) is 24.8. The lowest BCUT2D eigenvalue weighted by Crippen LogP contribution is -1.91. The molecule has 0 amide bonds. The van der Waals surface area contributed by atoms with Gasteiger partial charge < -0.3 is 4.52 Å². The summed E-state index contributed by atoms with van der Waals surface area (Å²) in [5, 5.41) is 14.1. The Morgan fingerprint density at radius 3 is 2.47 bits per heavy atom. The topological polar surface area (TPSA) is 99.1 Å². The first-order valence-electron chi connectivity index (χ1n) is 4.67. The van der Waals surface area contributed by atoms with Gasteiger partial charge in [0.15, 0.2) is 0 Å². The Morgan fingerprint density at radius 2 is 2.00 bits per heavy atom. The van der Waals surface area contributed by atoms with Gasteiger partial charge in [-0.15, -0.1) is 0 Å². The largest absolute Gasteiger partial charge is 0.330 e. The van der Waals surface area contributed by atoms with Crippen LogP contribution in [0.1, 0.15) is 17.6 Å². The van der Waals surface area contributed by atoms with Crippen LogP contribution < -0.4 is 0 Å². The number of aromatic nitrogens is 2. The zero-order valence-electron chi connectivity index (χ0n) is 8.78. The molecule has 0 radical (unpaired) electrons. The highest BCUT2D eigenvalue weighted by Gasteiger charge is 2.13. The molecule has 0 N–H and O–H groups in total. The molecule has 0 aliphatic carbocycles. The van der Waals surface area contributed by atoms with Gasteiger partial charge in [-0.2, -0.15) is 4.98 Å². The average Bonchev–Trinajstić information content (AvgIpc) is 2.78. The number of nitrogens with zero attached hydrogens (tertiary/aromatic N) is 3. The van der Waals surface area contributed by atoms with E-state index in [-0.39, 0.29) is 23.2 Å². The van der Waals surface area contributed by atoms with Crippen LogP contribution in [0.25, 0.3) is 11.4 Å². The predicted octanol–water partition coefficient (Wildman–Crippen LogP) is 1.85. The zero-order chi connectivity index (χ0) is 12.4. The van der Waals surface area contributed by atoms with Crippen molar-refractivity contribution in [3.8, 4) is 11.4 Å². The predicted molar refractivity (Wildman–Crippen MR) is 56.4 cm³/mol. The Kier molecular flexibility index (Phi) is 2.65. The van der Waals surface area contributed by atoms with Crippen molar-refractivity contribution in [1.82, 2.24) is 10.1 Å². The molecule has 0 aliphatic heterocycles. The van der Waals surface area contributed by atoms with Crippen LogP contribution in [0.2, 0.25) is 0 Å². The summed E-state index contributed by atoms with van der Waals surface area (Å²) in [6.07, 6.45) is 0. The Labute approximate surface area is 95.2 Å². The molecule has 1 heterocycles. The Balaban J connectivity index is 2.33. The molecule has 2 rings (SSSR count). The second kappa shape index (κ2) is 4.12. The van der Waals surface area contributed by atoms with E-state index in [4.69, 9.17) is 4.52 Å². The van der Waals surface area contributed by atoms with Gasteiger partial charge in [0.2, 0.25) is 11.6 Å². The molecule has 1 aromatic carbocycles. The third-order valence-electron chi connectivity index (χ3n) is 2.06. The number of non-ortho nitro benzene ring substituents is 1. The van der Waals surface area contributed by atoms with Crippen molar-refractivity contribution in [2.45, 2.75) is 6.92 Å². The summed E-state index contributed by atoms with van der Waals surface area (Å²) in [6.45, 7) is 1.31. The minimum Gasteiger partial charge on any atom is -0.330 e. The number of carbonyl (C=O) groups excluding carboxylic acids is 1. The molecule has 0 atom stereocenters. The zero-order valence-corrected chi connectivity index (χ0v) is 8.78. The Hall–Kier alpha value is -2.57. The fraction of sp³-hybridized carbons (Fsp3) is 0.100. The number of nitro benzene ring substituents is 1. The minimum atomic E-state index is -0.499. The van der Waals surface area contributed by atoms with E-state index >= 15 is 0 Å². The number of ketones is 1.